The molecule has 16 heavy (non-hydrogen) atoms. The topological polar surface area (TPSA) is 38.3 Å². The van der Waals surface area contributed by atoms with Crippen molar-refractivity contribution >= 4 is 27.5 Å². The van der Waals surface area contributed by atoms with E-state index in [2.05, 4.69) is 35.1 Å². The lowest BCUT2D eigenvalue weighted by Gasteiger charge is -2.13. The van der Waals surface area contributed by atoms with Crippen LogP contribution in [0.4, 0.5) is 5.69 Å². The van der Waals surface area contributed by atoms with E-state index in [9.17, 15) is 4.79 Å². The largest absolute Gasteiger partial charge is 0.490 e. The second-order valence-electron chi connectivity index (χ2n) is 4.18. The third kappa shape index (κ3) is 2.21. The van der Waals surface area contributed by atoms with Gasteiger partial charge in [-0.25, -0.2) is 0 Å². The molecule has 0 aliphatic carbocycles. The van der Waals surface area contributed by atoms with Gasteiger partial charge in [-0.15, -0.1) is 0 Å². The van der Waals surface area contributed by atoms with Gasteiger partial charge in [-0.2, -0.15) is 0 Å². The molecule has 0 fully saturated rings. The first-order valence-electron chi connectivity index (χ1n) is 5.34. The summed E-state index contributed by atoms with van der Waals surface area (Å²) in [6.45, 7) is 4.67. The van der Waals surface area contributed by atoms with Gasteiger partial charge in [0.1, 0.15) is 0 Å². The smallest absolute Gasteiger partial charge is 0.227 e. The van der Waals surface area contributed by atoms with Gasteiger partial charge in [0.2, 0.25) is 5.91 Å². The molecule has 1 amide bonds. The molecule has 1 heterocycles. The van der Waals surface area contributed by atoms with Gasteiger partial charge in [0, 0.05) is 0 Å². The summed E-state index contributed by atoms with van der Waals surface area (Å²) in [5.74, 6) is 1.16. The van der Waals surface area contributed by atoms with E-state index in [0.29, 0.717) is 18.9 Å². The number of anilines is 1. The Hall–Kier alpha value is -1.03. The Morgan fingerprint density at radius 2 is 2.19 bits per heavy atom. The maximum atomic E-state index is 11.4. The van der Waals surface area contributed by atoms with E-state index in [4.69, 9.17) is 4.74 Å². The van der Waals surface area contributed by atoms with Crippen molar-refractivity contribution in [1.29, 1.82) is 0 Å². The van der Waals surface area contributed by atoms with Gasteiger partial charge in [-0.1, -0.05) is 13.8 Å². The van der Waals surface area contributed by atoms with Crippen LogP contribution in [-0.4, -0.2) is 12.5 Å². The first kappa shape index (κ1) is 11.5. The lowest BCUT2D eigenvalue weighted by Crippen LogP contribution is -2.10. The summed E-state index contributed by atoms with van der Waals surface area (Å²) in [5.41, 5.74) is 1.94. The van der Waals surface area contributed by atoms with E-state index >= 15 is 0 Å². The second-order valence-corrected chi connectivity index (χ2v) is 5.04. The van der Waals surface area contributed by atoms with Crippen LogP contribution in [0.15, 0.2) is 16.6 Å². The van der Waals surface area contributed by atoms with E-state index in [1.54, 1.807) is 0 Å². The quantitative estimate of drug-likeness (QED) is 0.859. The third-order valence-electron chi connectivity index (χ3n) is 2.58. The zero-order chi connectivity index (χ0) is 11.7. The fraction of sp³-hybridized carbons (Fsp3) is 0.417. The van der Waals surface area contributed by atoms with Crippen molar-refractivity contribution in [2.24, 2.45) is 0 Å². The SMILES string of the molecule is CC(C)c1cc(Br)c2c(c1)NC(=O)CCO2. The van der Waals surface area contributed by atoms with Crippen LogP contribution in [-0.2, 0) is 4.79 Å². The van der Waals surface area contributed by atoms with E-state index in [1.807, 2.05) is 12.1 Å². The zero-order valence-electron chi connectivity index (χ0n) is 9.34. The molecule has 0 saturated carbocycles. The van der Waals surface area contributed by atoms with Gasteiger partial charge < -0.3 is 10.1 Å². The standard InChI is InChI=1S/C12H14BrNO2/c1-7(2)8-5-9(13)12-10(6-8)14-11(15)3-4-16-12/h5-7H,3-4H2,1-2H3,(H,14,15). The third-order valence-corrected chi connectivity index (χ3v) is 3.17. The summed E-state index contributed by atoms with van der Waals surface area (Å²) in [5, 5.41) is 2.86. The average Bonchev–Trinajstić information content (AvgIpc) is 2.38. The summed E-state index contributed by atoms with van der Waals surface area (Å²) >= 11 is 3.48. The van der Waals surface area contributed by atoms with Crippen molar-refractivity contribution in [3.05, 3.63) is 22.2 Å². The zero-order valence-corrected chi connectivity index (χ0v) is 10.9. The summed E-state index contributed by atoms with van der Waals surface area (Å²) in [7, 11) is 0. The maximum Gasteiger partial charge on any atom is 0.227 e. The number of amides is 1. The molecule has 1 aromatic rings. The number of hydrogen-bond acceptors (Lipinski definition) is 2. The molecule has 2 rings (SSSR count). The van der Waals surface area contributed by atoms with Gasteiger partial charge in [0.25, 0.3) is 0 Å². The minimum atomic E-state index is 0.00607. The molecule has 0 atom stereocenters. The normalized spacial score (nSPS) is 15.1. The summed E-state index contributed by atoms with van der Waals surface area (Å²) in [4.78, 5) is 11.4. The molecule has 1 aliphatic rings. The summed E-state index contributed by atoms with van der Waals surface area (Å²) in [6, 6.07) is 4.02. The number of carbonyl (C=O) groups is 1. The minimum absolute atomic E-state index is 0.00607. The maximum absolute atomic E-state index is 11.4. The van der Waals surface area contributed by atoms with Crippen LogP contribution in [0.5, 0.6) is 5.75 Å². The van der Waals surface area contributed by atoms with Crippen LogP contribution in [0.25, 0.3) is 0 Å². The predicted molar refractivity (Wildman–Crippen MR) is 67.0 cm³/mol. The number of rotatable bonds is 1. The monoisotopic (exact) mass is 283 g/mol. The number of ether oxygens (including phenoxy) is 1. The van der Waals surface area contributed by atoms with Crippen LogP contribution in [0, 0.1) is 0 Å². The molecule has 0 aromatic heterocycles. The van der Waals surface area contributed by atoms with Crippen molar-refractivity contribution in [1.82, 2.24) is 0 Å². The number of halogens is 1. The van der Waals surface area contributed by atoms with E-state index in [1.165, 1.54) is 5.56 Å². The molecular formula is C12H14BrNO2. The number of nitrogens with one attached hydrogen (secondary N) is 1. The van der Waals surface area contributed by atoms with Gasteiger partial charge in [-0.3, -0.25) is 4.79 Å². The molecular weight excluding hydrogens is 270 g/mol. The molecule has 0 radical (unpaired) electrons. The molecule has 3 nitrogen and oxygen atoms in total. The number of carbonyl (C=O) groups excluding carboxylic acids is 1. The van der Waals surface area contributed by atoms with Gasteiger partial charge >= 0.3 is 0 Å². The molecule has 0 bridgehead atoms. The van der Waals surface area contributed by atoms with Crippen LogP contribution in [0.2, 0.25) is 0 Å². The van der Waals surface area contributed by atoms with Crippen LogP contribution >= 0.6 is 15.9 Å². The molecule has 0 unspecified atom stereocenters. The lowest BCUT2D eigenvalue weighted by molar-refractivity contribution is -0.116. The number of fused-ring (bicyclic) bond motifs is 1. The molecule has 1 N–H and O–H groups in total. The Morgan fingerprint density at radius 1 is 1.44 bits per heavy atom. The van der Waals surface area contributed by atoms with Crippen LogP contribution in [0.3, 0.4) is 0 Å². The minimum Gasteiger partial charge on any atom is -0.490 e. The molecule has 1 aliphatic heterocycles. The van der Waals surface area contributed by atoms with Crippen molar-refractivity contribution < 1.29 is 9.53 Å². The number of hydrogen-bond donors (Lipinski definition) is 1. The average molecular weight is 284 g/mol. The van der Waals surface area contributed by atoms with Gasteiger partial charge in [0.15, 0.2) is 5.75 Å². The molecule has 86 valence electrons. The van der Waals surface area contributed by atoms with E-state index in [-0.39, 0.29) is 5.91 Å². The number of benzene rings is 1. The highest BCUT2D eigenvalue weighted by Crippen LogP contribution is 2.38. The Kier molecular flexibility index (Phi) is 3.19. The first-order chi connectivity index (χ1) is 7.58. The van der Waals surface area contributed by atoms with Crippen molar-refractivity contribution in [3.8, 4) is 5.75 Å². The molecule has 0 saturated heterocycles. The highest BCUT2D eigenvalue weighted by Gasteiger charge is 2.18. The van der Waals surface area contributed by atoms with Crippen molar-refractivity contribution in [3.63, 3.8) is 0 Å². The first-order valence-corrected chi connectivity index (χ1v) is 6.13. The Balaban J connectivity index is 2.48. The van der Waals surface area contributed by atoms with E-state index < -0.39 is 0 Å². The lowest BCUT2D eigenvalue weighted by atomic mass is 10.0. The fourth-order valence-electron chi connectivity index (χ4n) is 1.65. The Bertz CT molecular complexity index is 429. The Morgan fingerprint density at radius 3 is 2.88 bits per heavy atom. The second kappa shape index (κ2) is 4.45. The van der Waals surface area contributed by atoms with Crippen LogP contribution < -0.4 is 10.1 Å². The van der Waals surface area contributed by atoms with E-state index in [0.717, 1.165) is 15.9 Å². The summed E-state index contributed by atoms with van der Waals surface area (Å²) in [6.07, 6.45) is 0.401. The highest BCUT2D eigenvalue weighted by atomic mass is 79.9. The van der Waals surface area contributed by atoms with Crippen molar-refractivity contribution in [2.75, 3.05) is 11.9 Å². The molecule has 1 aromatic carbocycles. The Labute approximate surface area is 103 Å². The fourth-order valence-corrected chi connectivity index (χ4v) is 2.24. The van der Waals surface area contributed by atoms with Crippen molar-refractivity contribution in [2.45, 2.75) is 26.2 Å². The molecule has 4 heteroatoms. The molecule has 0 spiro atoms. The predicted octanol–water partition coefficient (Wildman–Crippen LogP) is 3.29. The van der Waals surface area contributed by atoms with Gasteiger partial charge in [0.05, 0.1) is 23.2 Å². The summed E-state index contributed by atoms with van der Waals surface area (Å²) < 4.78 is 6.45. The van der Waals surface area contributed by atoms with Gasteiger partial charge in [-0.05, 0) is 39.5 Å². The highest BCUT2D eigenvalue weighted by molar-refractivity contribution is 9.10. The van der Waals surface area contributed by atoms with Crippen LogP contribution in [0.1, 0.15) is 31.7 Å².